The maximum atomic E-state index is 15.0. The van der Waals surface area contributed by atoms with E-state index in [1.165, 1.54) is 47.3 Å². The van der Waals surface area contributed by atoms with Gasteiger partial charge >= 0.3 is 5.97 Å². The molecular weight excluding hydrogens is 747 g/mol. The van der Waals surface area contributed by atoms with Gasteiger partial charge in [-0.05, 0) is 27.8 Å². The standard InChI is InChI=1S/C43H37N5O4S3/c1-51-36-39(49)48-34(41(50)52-35(28-17-7-2-8-18-28)29-19-9-3-10-20-29)37(38(44)55-40(36)48)54-42(53-33-27-45-47-46-33)43(30-21-11-4-12-22-30,31-23-13-5-14-24-31)32-25-15-6-16-26-32/h2-27,35-36,38,40,42H,44H2,1H3,(H,45,46,47)/t36-,38?,40-,42?/m1/s1. The van der Waals surface area contributed by atoms with Crippen molar-refractivity contribution in [1.29, 1.82) is 0 Å². The fourth-order valence-electron chi connectivity index (χ4n) is 7.24. The Hall–Kier alpha value is -5.11. The van der Waals surface area contributed by atoms with Crippen LogP contribution in [0.3, 0.4) is 0 Å². The van der Waals surface area contributed by atoms with E-state index < -0.39 is 38.9 Å². The second-order valence-corrected chi connectivity index (χ2v) is 16.7. The number of hydrogen-bond acceptors (Lipinski definition) is 10. The maximum Gasteiger partial charge on any atom is 0.356 e. The third kappa shape index (κ3) is 7.00. The van der Waals surface area contributed by atoms with Gasteiger partial charge in [0.1, 0.15) is 16.1 Å². The number of methoxy groups -OCH3 is 1. The van der Waals surface area contributed by atoms with E-state index in [2.05, 4.69) is 51.8 Å². The molecule has 1 aromatic heterocycles. The third-order valence-electron chi connectivity index (χ3n) is 9.79. The summed E-state index contributed by atoms with van der Waals surface area (Å²) in [6.45, 7) is 0. The molecule has 0 bridgehead atoms. The fraction of sp³-hybridized carbons (Fsp3) is 0.163. The number of nitrogens with zero attached hydrogens (tertiary/aromatic N) is 3. The van der Waals surface area contributed by atoms with Gasteiger partial charge in [0.25, 0.3) is 5.91 Å². The maximum absolute atomic E-state index is 15.0. The first-order valence-electron chi connectivity index (χ1n) is 17.7. The van der Waals surface area contributed by atoms with Gasteiger partial charge in [-0.3, -0.25) is 9.69 Å². The Kier molecular flexibility index (Phi) is 10.9. The van der Waals surface area contributed by atoms with Crippen molar-refractivity contribution >= 4 is 47.2 Å². The number of ether oxygens (including phenoxy) is 2. The van der Waals surface area contributed by atoms with Crippen molar-refractivity contribution < 1.29 is 19.1 Å². The smallest absolute Gasteiger partial charge is 0.356 e. The lowest BCUT2D eigenvalue weighted by Gasteiger charge is -2.51. The summed E-state index contributed by atoms with van der Waals surface area (Å²) < 4.78 is 11.6. The molecule has 0 aliphatic carbocycles. The molecule has 1 fully saturated rings. The summed E-state index contributed by atoms with van der Waals surface area (Å²) in [7, 11) is 1.50. The molecule has 55 heavy (non-hydrogen) atoms. The molecule has 2 aliphatic heterocycles. The molecule has 4 atom stereocenters. The van der Waals surface area contributed by atoms with Crippen molar-refractivity contribution in [2.24, 2.45) is 5.73 Å². The van der Waals surface area contributed by atoms with Crippen molar-refractivity contribution in [3.63, 3.8) is 0 Å². The number of benzene rings is 5. The van der Waals surface area contributed by atoms with Crippen molar-refractivity contribution in [3.05, 3.63) is 196 Å². The van der Waals surface area contributed by atoms with Gasteiger partial charge in [0, 0.05) is 12.0 Å². The molecule has 1 saturated heterocycles. The van der Waals surface area contributed by atoms with Crippen LogP contribution in [0.15, 0.2) is 173 Å². The number of carbonyl (C=O) groups is 2. The monoisotopic (exact) mass is 783 g/mol. The number of thioether (sulfide) groups is 3. The summed E-state index contributed by atoms with van der Waals surface area (Å²) in [6.07, 6.45) is 0.192. The summed E-state index contributed by atoms with van der Waals surface area (Å²) >= 11 is 4.35. The quantitative estimate of drug-likeness (QED) is 0.0395. The molecule has 6 aromatic rings. The van der Waals surface area contributed by atoms with Gasteiger partial charge in [-0.25, -0.2) is 4.79 Å². The third-order valence-corrected chi connectivity index (χ3v) is 14.1. The van der Waals surface area contributed by atoms with E-state index >= 15 is 0 Å². The van der Waals surface area contributed by atoms with Gasteiger partial charge in [-0.1, -0.05) is 163 Å². The summed E-state index contributed by atoms with van der Waals surface area (Å²) in [5, 5.41) is 10.8. The zero-order valence-corrected chi connectivity index (χ0v) is 32.1. The van der Waals surface area contributed by atoms with E-state index in [0.29, 0.717) is 9.93 Å². The second kappa shape index (κ2) is 16.3. The topological polar surface area (TPSA) is 123 Å². The first kappa shape index (κ1) is 36.8. The molecule has 5 aromatic carbocycles. The summed E-state index contributed by atoms with van der Waals surface area (Å²) in [4.78, 5) is 30.9. The molecule has 2 unspecified atom stereocenters. The lowest BCUT2D eigenvalue weighted by atomic mass is 9.70. The zero-order valence-electron chi connectivity index (χ0n) is 29.7. The minimum atomic E-state index is -0.841. The van der Waals surface area contributed by atoms with E-state index in [-0.39, 0.29) is 11.6 Å². The van der Waals surface area contributed by atoms with Crippen LogP contribution in [-0.4, -0.2) is 60.7 Å². The number of aromatic amines is 1. The lowest BCUT2D eigenvalue weighted by Crippen LogP contribution is -2.66. The van der Waals surface area contributed by atoms with Crippen LogP contribution in [-0.2, 0) is 24.5 Å². The van der Waals surface area contributed by atoms with Gasteiger partial charge in [-0.2, -0.15) is 10.3 Å². The molecule has 0 saturated carbocycles. The average Bonchev–Trinajstić information content (AvgIpc) is 3.76. The summed E-state index contributed by atoms with van der Waals surface area (Å²) in [5.41, 5.74) is 11.1. The zero-order chi connectivity index (χ0) is 37.8. The molecule has 3 heterocycles. The highest BCUT2D eigenvalue weighted by molar-refractivity contribution is 8.19. The molecule has 2 aliphatic rings. The van der Waals surface area contributed by atoms with Crippen molar-refractivity contribution in [2.45, 2.75) is 38.0 Å². The number of hydrogen-bond donors (Lipinski definition) is 2. The molecule has 0 spiro atoms. The number of esters is 1. The number of amides is 1. The Labute approximate surface area is 332 Å². The molecule has 8 rings (SSSR count). The lowest BCUT2D eigenvalue weighted by molar-refractivity contribution is -0.164. The Morgan fingerprint density at radius 3 is 1.73 bits per heavy atom. The minimum Gasteiger partial charge on any atom is -0.448 e. The molecule has 0 radical (unpaired) electrons. The van der Waals surface area contributed by atoms with Gasteiger partial charge in [0.2, 0.25) is 0 Å². The van der Waals surface area contributed by atoms with Gasteiger partial charge < -0.3 is 15.2 Å². The second-order valence-electron chi connectivity index (χ2n) is 12.9. The molecule has 1 amide bonds. The van der Waals surface area contributed by atoms with E-state index in [4.69, 9.17) is 15.2 Å². The number of carbonyl (C=O) groups excluding carboxylic acids is 2. The highest BCUT2D eigenvalue weighted by atomic mass is 32.2. The molecule has 276 valence electrons. The van der Waals surface area contributed by atoms with E-state index in [1.807, 2.05) is 115 Å². The molecule has 12 heteroatoms. The average molecular weight is 784 g/mol. The first-order chi connectivity index (χ1) is 27.0. The Morgan fingerprint density at radius 1 is 0.782 bits per heavy atom. The molecule has 9 nitrogen and oxygen atoms in total. The van der Waals surface area contributed by atoms with Crippen molar-refractivity contribution in [1.82, 2.24) is 20.3 Å². The molecular formula is C43H37N5O4S3. The van der Waals surface area contributed by atoms with Crippen LogP contribution >= 0.6 is 35.3 Å². The van der Waals surface area contributed by atoms with Crippen LogP contribution in [0.1, 0.15) is 33.9 Å². The van der Waals surface area contributed by atoms with Crippen molar-refractivity contribution in [2.75, 3.05) is 7.11 Å². The van der Waals surface area contributed by atoms with E-state index in [0.717, 1.165) is 27.8 Å². The van der Waals surface area contributed by atoms with Crippen LogP contribution in [0.25, 0.3) is 0 Å². The molecule has 3 N–H and O–H groups in total. The van der Waals surface area contributed by atoms with Crippen LogP contribution in [0.2, 0.25) is 0 Å². The van der Waals surface area contributed by atoms with E-state index in [1.54, 1.807) is 6.20 Å². The highest BCUT2D eigenvalue weighted by Gasteiger charge is 2.57. The summed E-state index contributed by atoms with van der Waals surface area (Å²) in [5.74, 6) is -0.979. The SMILES string of the molecule is CO[C@@H]1C(=O)N2C(C(=O)OC(c3ccccc3)c3ccccc3)=C(SC(Sc3cn[nH]n3)C(c3ccccc3)(c3ccccc3)c3ccccc3)C(N)S[C@H]12. The Morgan fingerprint density at radius 2 is 1.27 bits per heavy atom. The van der Waals surface area contributed by atoms with Crippen molar-refractivity contribution in [3.8, 4) is 0 Å². The minimum absolute atomic E-state index is 0.116. The number of β-lactam (4-membered cyclic amide) rings is 1. The first-order valence-corrected chi connectivity index (χ1v) is 20.4. The normalized spacial score (nSPS) is 18.8. The largest absolute Gasteiger partial charge is 0.448 e. The fourth-order valence-corrected chi connectivity index (χ4v) is 11.9. The number of fused-ring (bicyclic) bond motifs is 1. The Bertz CT molecular complexity index is 2110. The number of rotatable bonds is 13. The van der Waals surface area contributed by atoms with Gasteiger partial charge in [-0.15, -0.1) is 28.6 Å². The van der Waals surface area contributed by atoms with Crippen LogP contribution in [0, 0.1) is 0 Å². The van der Waals surface area contributed by atoms with Gasteiger partial charge in [0.15, 0.2) is 12.2 Å². The number of nitrogens with one attached hydrogen (secondary N) is 1. The predicted octanol–water partition coefficient (Wildman–Crippen LogP) is 7.75. The van der Waals surface area contributed by atoms with Gasteiger partial charge in [0.05, 0.1) is 21.6 Å². The van der Waals surface area contributed by atoms with Crippen LogP contribution in [0.4, 0.5) is 0 Å². The highest BCUT2D eigenvalue weighted by Crippen LogP contribution is 2.57. The number of aromatic nitrogens is 3. The Balaban J connectivity index is 1.33. The number of H-pyrrole nitrogens is 1. The predicted molar refractivity (Wildman–Crippen MR) is 218 cm³/mol. The summed E-state index contributed by atoms with van der Waals surface area (Å²) in [6, 6.07) is 50.1. The van der Waals surface area contributed by atoms with Crippen LogP contribution in [0.5, 0.6) is 0 Å². The van der Waals surface area contributed by atoms with Crippen LogP contribution < -0.4 is 5.73 Å². The van der Waals surface area contributed by atoms with E-state index in [9.17, 15) is 9.59 Å². The number of nitrogens with two attached hydrogens (primary N) is 1.